The number of carbonyl (C=O) groups excluding carboxylic acids is 1. The van der Waals surface area contributed by atoms with E-state index in [0.29, 0.717) is 5.56 Å². The van der Waals surface area contributed by atoms with Crippen molar-refractivity contribution in [2.75, 3.05) is 6.54 Å². The third kappa shape index (κ3) is 3.42. The van der Waals surface area contributed by atoms with Crippen LogP contribution in [0.2, 0.25) is 0 Å². The number of fused-ring (bicyclic) bond motifs is 1. The van der Waals surface area contributed by atoms with Crippen LogP contribution in [-0.4, -0.2) is 39.0 Å². The van der Waals surface area contributed by atoms with Crippen molar-refractivity contribution in [3.8, 4) is 0 Å². The average Bonchev–Trinajstić information content (AvgIpc) is 2.83. The SMILES string of the molecule is CC(C)(C)N(CCC(=O)O)C(=O)c1ccc2cc[nH]c2c1. The number of H-pyrrole nitrogens is 1. The van der Waals surface area contributed by atoms with Gasteiger partial charge in [-0.2, -0.15) is 0 Å². The number of hydrogen-bond donors (Lipinski definition) is 2. The van der Waals surface area contributed by atoms with Gasteiger partial charge in [0.05, 0.1) is 6.42 Å². The van der Waals surface area contributed by atoms with E-state index in [1.54, 1.807) is 17.0 Å². The summed E-state index contributed by atoms with van der Waals surface area (Å²) in [5.74, 6) is -1.06. The molecule has 0 aliphatic carbocycles. The number of aromatic amines is 1. The first-order valence-electron chi connectivity index (χ1n) is 6.90. The van der Waals surface area contributed by atoms with Crippen LogP contribution in [0, 0.1) is 0 Å². The highest BCUT2D eigenvalue weighted by molar-refractivity contribution is 5.98. The molecule has 0 unspecified atom stereocenters. The Balaban J connectivity index is 2.29. The van der Waals surface area contributed by atoms with Crippen LogP contribution in [0.15, 0.2) is 30.5 Å². The van der Waals surface area contributed by atoms with Crippen LogP contribution in [0.3, 0.4) is 0 Å². The third-order valence-electron chi connectivity index (χ3n) is 3.41. The Labute approximate surface area is 123 Å². The molecule has 0 atom stereocenters. The Bertz CT molecular complexity index is 667. The highest BCUT2D eigenvalue weighted by Gasteiger charge is 2.27. The molecule has 1 amide bonds. The number of rotatable bonds is 4. The van der Waals surface area contributed by atoms with Crippen molar-refractivity contribution in [1.82, 2.24) is 9.88 Å². The molecule has 2 rings (SSSR count). The Hall–Kier alpha value is -2.30. The van der Waals surface area contributed by atoms with Gasteiger partial charge in [-0.1, -0.05) is 6.07 Å². The smallest absolute Gasteiger partial charge is 0.305 e. The van der Waals surface area contributed by atoms with Crippen molar-refractivity contribution in [2.45, 2.75) is 32.7 Å². The number of hydrogen-bond acceptors (Lipinski definition) is 2. The van der Waals surface area contributed by atoms with Crippen molar-refractivity contribution < 1.29 is 14.7 Å². The summed E-state index contributed by atoms with van der Waals surface area (Å²) in [5.41, 5.74) is 1.02. The largest absolute Gasteiger partial charge is 0.481 e. The standard InChI is InChI=1S/C16H20N2O3/c1-16(2,3)18(9-7-14(19)20)15(21)12-5-4-11-6-8-17-13(11)10-12/h4-6,8,10,17H,7,9H2,1-3H3,(H,19,20). The van der Waals surface area contributed by atoms with Gasteiger partial charge < -0.3 is 15.0 Å². The fraction of sp³-hybridized carbons (Fsp3) is 0.375. The summed E-state index contributed by atoms with van der Waals surface area (Å²) < 4.78 is 0. The van der Waals surface area contributed by atoms with Crippen LogP contribution in [0.1, 0.15) is 37.6 Å². The number of carboxylic acid groups (broad SMARTS) is 1. The summed E-state index contributed by atoms with van der Waals surface area (Å²) in [6.07, 6.45) is 1.76. The van der Waals surface area contributed by atoms with Crippen molar-refractivity contribution in [2.24, 2.45) is 0 Å². The number of nitrogens with zero attached hydrogens (tertiary/aromatic N) is 1. The van der Waals surface area contributed by atoms with Gasteiger partial charge in [-0.05, 0) is 44.4 Å². The lowest BCUT2D eigenvalue weighted by Crippen LogP contribution is -2.46. The van der Waals surface area contributed by atoms with E-state index < -0.39 is 11.5 Å². The molecular weight excluding hydrogens is 268 g/mol. The highest BCUT2D eigenvalue weighted by atomic mass is 16.4. The zero-order chi connectivity index (χ0) is 15.6. The monoisotopic (exact) mass is 288 g/mol. The van der Waals surface area contributed by atoms with Crippen LogP contribution >= 0.6 is 0 Å². The van der Waals surface area contributed by atoms with Gasteiger partial charge in [0.1, 0.15) is 0 Å². The number of carboxylic acids is 1. The van der Waals surface area contributed by atoms with Crippen molar-refractivity contribution in [1.29, 1.82) is 0 Å². The van der Waals surface area contributed by atoms with Crippen LogP contribution in [0.25, 0.3) is 10.9 Å². The normalized spacial score (nSPS) is 11.6. The lowest BCUT2D eigenvalue weighted by Gasteiger charge is -2.35. The second-order valence-corrected chi connectivity index (χ2v) is 6.05. The molecule has 1 heterocycles. The first-order chi connectivity index (χ1) is 9.79. The van der Waals surface area contributed by atoms with Gasteiger partial charge in [-0.3, -0.25) is 9.59 Å². The maximum atomic E-state index is 12.7. The van der Waals surface area contributed by atoms with E-state index in [4.69, 9.17) is 5.11 Å². The quantitative estimate of drug-likeness (QED) is 0.908. The van der Waals surface area contributed by atoms with Gasteiger partial charge in [-0.25, -0.2) is 0 Å². The Morgan fingerprint density at radius 2 is 1.95 bits per heavy atom. The molecule has 0 radical (unpaired) electrons. The van der Waals surface area contributed by atoms with Crippen LogP contribution < -0.4 is 0 Å². The molecule has 0 saturated carbocycles. The molecule has 2 aromatic rings. The number of benzene rings is 1. The van der Waals surface area contributed by atoms with E-state index in [-0.39, 0.29) is 18.9 Å². The molecule has 0 aliphatic heterocycles. The number of carbonyl (C=O) groups is 2. The van der Waals surface area contributed by atoms with E-state index in [1.807, 2.05) is 39.1 Å². The molecule has 5 heteroatoms. The Morgan fingerprint density at radius 1 is 1.24 bits per heavy atom. The van der Waals surface area contributed by atoms with Crippen molar-refractivity contribution >= 4 is 22.8 Å². The molecule has 0 spiro atoms. The summed E-state index contributed by atoms with van der Waals surface area (Å²) in [7, 11) is 0. The van der Waals surface area contributed by atoms with Gasteiger partial charge in [0.2, 0.25) is 0 Å². The average molecular weight is 288 g/mol. The van der Waals surface area contributed by atoms with Gasteiger partial charge in [0.25, 0.3) is 5.91 Å². The third-order valence-corrected chi connectivity index (χ3v) is 3.41. The maximum Gasteiger partial charge on any atom is 0.305 e. The van der Waals surface area contributed by atoms with Gasteiger partial charge in [0.15, 0.2) is 0 Å². The Kier molecular flexibility index (Phi) is 4.02. The minimum Gasteiger partial charge on any atom is -0.481 e. The molecule has 0 aliphatic rings. The minimum atomic E-state index is -0.906. The molecule has 2 N–H and O–H groups in total. The molecule has 1 aromatic heterocycles. The van der Waals surface area contributed by atoms with Crippen LogP contribution in [-0.2, 0) is 4.79 Å². The molecule has 0 fully saturated rings. The van der Waals surface area contributed by atoms with Crippen molar-refractivity contribution in [3.63, 3.8) is 0 Å². The van der Waals surface area contributed by atoms with Crippen LogP contribution in [0.4, 0.5) is 0 Å². The zero-order valence-corrected chi connectivity index (χ0v) is 12.5. The fourth-order valence-electron chi connectivity index (χ4n) is 2.29. The van der Waals surface area contributed by atoms with E-state index >= 15 is 0 Å². The number of aliphatic carboxylic acids is 1. The number of nitrogens with one attached hydrogen (secondary N) is 1. The van der Waals surface area contributed by atoms with Gasteiger partial charge in [-0.15, -0.1) is 0 Å². The fourth-order valence-corrected chi connectivity index (χ4v) is 2.29. The molecule has 0 saturated heterocycles. The lowest BCUT2D eigenvalue weighted by atomic mass is 10.0. The molecule has 21 heavy (non-hydrogen) atoms. The van der Waals surface area contributed by atoms with E-state index in [2.05, 4.69) is 4.98 Å². The first-order valence-corrected chi connectivity index (χ1v) is 6.90. The number of amides is 1. The number of aromatic nitrogens is 1. The lowest BCUT2D eigenvalue weighted by molar-refractivity contribution is -0.137. The van der Waals surface area contributed by atoms with E-state index in [0.717, 1.165) is 10.9 Å². The molecule has 1 aromatic carbocycles. The molecule has 0 bridgehead atoms. The highest BCUT2D eigenvalue weighted by Crippen LogP contribution is 2.20. The predicted molar refractivity (Wildman–Crippen MR) is 81.3 cm³/mol. The topological polar surface area (TPSA) is 73.4 Å². The maximum absolute atomic E-state index is 12.7. The Morgan fingerprint density at radius 3 is 2.57 bits per heavy atom. The first kappa shape index (κ1) is 15.1. The minimum absolute atomic E-state index is 0.0617. The second-order valence-electron chi connectivity index (χ2n) is 6.05. The van der Waals surface area contributed by atoms with E-state index in [9.17, 15) is 9.59 Å². The summed E-state index contributed by atoms with van der Waals surface area (Å²) in [6, 6.07) is 7.40. The van der Waals surface area contributed by atoms with Gasteiger partial charge in [0, 0.05) is 29.4 Å². The summed E-state index contributed by atoms with van der Waals surface area (Å²) in [6.45, 7) is 5.90. The zero-order valence-electron chi connectivity index (χ0n) is 12.5. The molecule has 112 valence electrons. The summed E-state index contributed by atoms with van der Waals surface area (Å²) in [4.78, 5) is 28.2. The van der Waals surface area contributed by atoms with Gasteiger partial charge >= 0.3 is 5.97 Å². The molecular formula is C16H20N2O3. The van der Waals surface area contributed by atoms with Crippen LogP contribution in [0.5, 0.6) is 0 Å². The summed E-state index contributed by atoms with van der Waals surface area (Å²) in [5, 5.41) is 9.89. The van der Waals surface area contributed by atoms with E-state index in [1.165, 1.54) is 0 Å². The summed E-state index contributed by atoms with van der Waals surface area (Å²) >= 11 is 0. The molecule has 5 nitrogen and oxygen atoms in total. The van der Waals surface area contributed by atoms with Crippen molar-refractivity contribution in [3.05, 3.63) is 36.0 Å². The second kappa shape index (κ2) is 5.60. The predicted octanol–water partition coefficient (Wildman–Crippen LogP) is 2.88.